The Labute approximate surface area is 109 Å². The maximum atomic E-state index is 6.26. The quantitative estimate of drug-likeness (QED) is 0.756. The monoisotopic (exact) mass is 243 g/mol. The minimum absolute atomic E-state index is 0.293. The van der Waals surface area contributed by atoms with Crippen LogP contribution in [0.2, 0.25) is 0 Å². The largest absolute Gasteiger partial charge is 0.370 e. The molecule has 96 valence electrons. The topological polar surface area (TPSA) is 21.3 Å². The summed E-state index contributed by atoms with van der Waals surface area (Å²) < 4.78 is 6.26. The molecule has 1 saturated carbocycles. The zero-order valence-corrected chi connectivity index (χ0v) is 10.8. The van der Waals surface area contributed by atoms with Crippen LogP contribution in [0.5, 0.6) is 0 Å². The van der Waals surface area contributed by atoms with E-state index >= 15 is 0 Å². The van der Waals surface area contributed by atoms with E-state index in [0.29, 0.717) is 17.7 Å². The van der Waals surface area contributed by atoms with E-state index in [-0.39, 0.29) is 0 Å². The van der Waals surface area contributed by atoms with Gasteiger partial charge in [-0.2, -0.15) is 0 Å². The maximum absolute atomic E-state index is 6.26. The van der Waals surface area contributed by atoms with Crippen LogP contribution in [0.15, 0.2) is 24.3 Å². The van der Waals surface area contributed by atoms with E-state index in [4.69, 9.17) is 4.74 Å². The molecule has 1 heterocycles. The molecule has 2 atom stereocenters. The average Bonchev–Trinajstić information content (AvgIpc) is 2.76. The van der Waals surface area contributed by atoms with Crippen molar-refractivity contribution in [3.05, 3.63) is 35.4 Å². The Balaban J connectivity index is 1.59. The molecule has 1 spiro atoms. The summed E-state index contributed by atoms with van der Waals surface area (Å²) in [7, 11) is 0. The fraction of sp³-hybridized carbons (Fsp3) is 0.625. The van der Waals surface area contributed by atoms with Crippen LogP contribution in [0.4, 0.5) is 0 Å². The van der Waals surface area contributed by atoms with E-state index in [1.165, 1.54) is 43.2 Å². The summed E-state index contributed by atoms with van der Waals surface area (Å²) in [4.78, 5) is 0. The lowest BCUT2D eigenvalue weighted by Gasteiger charge is -2.46. The Morgan fingerprint density at radius 2 is 1.94 bits per heavy atom. The Kier molecular flexibility index (Phi) is 2.49. The van der Waals surface area contributed by atoms with Gasteiger partial charge in [-0.15, -0.1) is 0 Å². The third-order valence-electron chi connectivity index (χ3n) is 5.01. The molecule has 18 heavy (non-hydrogen) atoms. The fourth-order valence-corrected chi connectivity index (χ4v) is 4.09. The standard InChI is InChI=1S/C16H21NO/c1-4-8-16(9-5-1)11-18-15-13-7-3-2-6-12(13)10-14(15)17-16/h2-3,6-7,14-15,17H,1,4-5,8-11H2. The van der Waals surface area contributed by atoms with Gasteiger partial charge in [0.1, 0.15) is 0 Å². The highest BCUT2D eigenvalue weighted by Gasteiger charge is 2.45. The van der Waals surface area contributed by atoms with E-state index < -0.39 is 0 Å². The van der Waals surface area contributed by atoms with Crippen molar-refractivity contribution in [3.8, 4) is 0 Å². The summed E-state index contributed by atoms with van der Waals surface area (Å²) in [6, 6.07) is 9.28. The molecule has 0 radical (unpaired) electrons. The minimum Gasteiger partial charge on any atom is -0.370 e. The highest BCUT2D eigenvalue weighted by Crippen LogP contribution is 2.41. The molecule has 1 aliphatic heterocycles. The summed E-state index contributed by atoms with van der Waals surface area (Å²) in [6.45, 7) is 0.905. The third kappa shape index (κ3) is 1.63. The summed E-state index contributed by atoms with van der Waals surface area (Å²) in [5, 5.41) is 3.95. The van der Waals surface area contributed by atoms with Crippen molar-refractivity contribution in [3.63, 3.8) is 0 Å². The molecule has 0 aromatic heterocycles. The highest BCUT2D eigenvalue weighted by atomic mass is 16.5. The molecule has 1 saturated heterocycles. The van der Waals surface area contributed by atoms with Gasteiger partial charge in [0, 0.05) is 11.6 Å². The van der Waals surface area contributed by atoms with Crippen molar-refractivity contribution >= 4 is 0 Å². The first-order valence-electron chi connectivity index (χ1n) is 7.33. The number of nitrogens with one attached hydrogen (secondary N) is 1. The summed E-state index contributed by atoms with van der Waals surface area (Å²) in [5.41, 5.74) is 3.19. The van der Waals surface area contributed by atoms with Crippen molar-refractivity contribution in [1.82, 2.24) is 5.32 Å². The number of morpholine rings is 1. The minimum atomic E-state index is 0.293. The number of ether oxygens (including phenoxy) is 1. The highest BCUT2D eigenvalue weighted by molar-refractivity contribution is 5.37. The molecule has 2 aliphatic carbocycles. The van der Waals surface area contributed by atoms with Crippen molar-refractivity contribution in [2.24, 2.45) is 0 Å². The van der Waals surface area contributed by atoms with Crippen LogP contribution < -0.4 is 5.32 Å². The lowest BCUT2D eigenvalue weighted by atomic mass is 9.80. The van der Waals surface area contributed by atoms with E-state index in [0.717, 1.165) is 13.0 Å². The van der Waals surface area contributed by atoms with Gasteiger partial charge in [-0.1, -0.05) is 43.5 Å². The first-order valence-corrected chi connectivity index (χ1v) is 7.33. The molecule has 2 fully saturated rings. The summed E-state index contributed by atoms with van der Waals surface area (Å²) in [6.07, 6.45) is 8.16. The van der Waals surface area contributed by atoms with Crippen molar-refractivity contribution < 1.29 is 4.74 Å². The van der Waals surface area contributed by atoms with Crippen LogP contribution in [0.1, 0.15) is 49.3 Å². The molecule has 1 N–H and O–H groups in total. The van der Waals surface area contributed by atoms with Gasteiger partial charge in [0.2, 0.25) is 0 Å². The molecular formula is C16H21NO. The van der Waals surface area contributed by atoms with Gasteiger partial charge in [0.05, 0.1) is 12.7 Å². The molecule has 1 aromatic carbocycles. The van der Waals surface area contributed by atoms with E-state index in [1.807, 2.05) is 0 Å². The smallest absolute Gasteiger partial charge is 0.0984 e. The molecule has 2 unspecified atom stereocenters. The van der Waals surface area contributed by atoms with Gasteiger partial charge < -0.3 is 10.1 Å². The first kappa shape index (κ1) is 11.0. The Bertz CT molecular complexity index is 450. The number of hydrogen-bond donors (Lipinski definition) is 1. The van der Waals surface area contributed by atoms with Crippen LogP contribution in [-0.2, 0) is 11.2 Å². The normalized spacial score (nSPS) is 33.1. The first-order chi connectivity index (χ1) is 8.86. The van der Waals surface area contributed by atoms with E-state index in [1.54, 1.807) is 0 Å². The van der Waals surface area contributed by atoms with Crippen molar-refractivity contribution in [2.45, 2.75) is 56.2 Å². The van der Waals surface area contributed by atoms with E-state index in [2.05, 4.69) is 29.6 Å². The van der Waals surface area contributed by atoms with Gasteiger partial charge in [-0.05, 0) is 30.4 Å². The molecule has 4 rings (SSSR count). The van der Waals surface area contributed by atoms with Gasteiger partial charge in [0.25, 0.3) is 0 Å². The van der Waals surface area contributed by atoms with Crippen molar-refractivity contribution in [1.29, 1.82) is 0 Å². The van der Waals surface area contributed by atoms with Gasteiger partial charge in [-0.3, -0.25) is 0 Å². The zero-order valence-electron chi connectivity index (χ0n) is 10.8. The molecule has 3 aliphatic rings. The molecule has 2 heteroatoms. The average molecular weight is 243 g/mol. The Morgan fingerprint density at radius 3 is 2.83 bits per heavy atom. The summed E-state index contributed by atoms with van der Waals surface area (Å²) >= 11 is 0. The third-order valence-corrected chi connectivity index (χ3v) is 5.01. The molecular weight excluding hydrogens is 222 g/mol. The molecule has 0 amide bonds. The van der Waals surface area contributed by atoms with Gasteiger partial charge >= 0.3 is 0 Å². The second kappa shape index (κ2) is 4.07. The zero-order chi connectivity index (χ0) is 12.0. The van der Waals surface area contributed by atoms with Crippen LogP contribution in [0.3, 0.4) is 0 Å². The Hall–Kier alpha value is -0.860. The number of fused-ring (bicyclic) bond motifs is 3. The molecule has 2 nitrogen and oxygen atoms in total. The second-order valence-corrected chi connectivity index (χ2v) is 6.23. The predicted octanol–water partition coefficient (Wildman–Crippen LogP) is 2.98. The second-order valence-electron chi connectivity index (χ2n) is 6.23. The number of rotatable bonds is 0. The lowest BCUT2D eigenvalue weighted by Crippen LogP contribution is -2.59. The Morgan fingerprint density at radius 1 is 1.11 bits per heavy atom. The van der Waals surface area contributed by atoms with E-state index in [9.17, 15) is 0 Å². The SMILES string of the molecule is c1ccc2c(c1)CC1NC3(CCCCC3)COC21. The number of benzene rings is 1. The molecule has 0 bridgehead atoms. The summed E-state index contributed by atoms with van der Waals surface area (Å²) in [5.74, 6) is 0. The van der Waals surface area contributed by atoms with Gasteiger partial charge in [-0.25, -0.2) is 0 Å². The maximum Gasteiger partial charge on any atom is 0.0984 e. The van der Waals surface area contributed by atoms with Crippen LogP contribution in [0, 0.1) is 0 Å². The molecule has 1 aromatic rings. The van der Waals surface area contributed by atoms with Crippen molar-refractivity contribution in [2.75, 3.05) is 6.61 Å². The number of hydrogen-bond acceptors (Lipinski definition) is 2. The van der Waals surface area contributed by atoms with Gasteiger partial charge in [0.15, 0.2) is 0 Å². The fourth-order valence-electron chi connectivity index (χ4n) is 4.09. The van der Waals surface area contributed by atoms with Crippen LogP contribution in [0.25, 0.3) is 0 Å². The lowest BCUT2D eigenvalue weighted by molar-refractivity contribution is -0.0688. The predicted molar refractivity (Wildman–Crippen MR) is 71.6 cm³/mol. The van der Waals surface area contributed by atoms with Crippen LogP contribution in [-0.4, -0.2) is 18.2 Å². The van der Waals surface area contributed by atoms with Crippen LogP contribution >= 0.6 is 0 Å².